The number of halogens is 2. The highest BCUT2D eigenvalue weighted by Crippen LogP contribution is 2.25. The Morgan fingerprint density at radius 1 is 1.27 bits per heavy atom. The quantitative estimate of drug-likeness (QED) is 0.424. The number of hydrogen-bond acceptors (Lipinski definition) is 6. The summed E-state index contributed by atoms with van der Waals surface area (Å²) in [5, 5.41) is 4.30. The zero-order chi connectivity index (χ0) is 15.9. The highest BCUT2D eigenvalue weighted by molar-refractivity contribution is 9.10. The van der Waals surface area contributed by atoms with E-state index in [1.807, 2.05) is 18.2 Å². The number of benzene rings is 1. The average molecular weight is 391 g/mol. The summed E-state index contributed by atoms with van der Waals surface area (Å²) in [7, 11) is 3.14. The van der Waals surface area contributed by atoms with Crippen molar-refractivity contribution in [2.45, 2.75) is 6.29 Å². The number of rotatable bonds is 8. The maximum absolute atomic E-state index is 5.94. The average Bonchev–Trinajstić information content (AvgIpc) is 2.51. The van der Waals surface area contributed by atoms with Crippen LogP contribution in [0, 0.1) is 0 Å². The Morgan fingerprint density at radius 2 is 2.05 bits per heavy atom. The van der Waals surface area contributed by atoms with Gasteiger partial charge in [-0.1, -0.05) is 15.9 Å². The van der Waals surface area contributed by atoms with Crippen LogP contribution in [-0.4, -0.2) is 50.2 Å². The van der Waals surface area contributed by atoms with Crippen molar-refractivity contribution in [3.63, 3.8) is 0 Å². The Hall–Kier alpha value is -0.990. The molecule has 1 heterocycles. The molecule has 0 saturated heterocycles. The number of nitrogens with zero attached hydrogens (tertiary/aromatic N) is 2. The lowest BCUT2D eigenvalue weighted by molar-refractivity contribution is -0.139. The van der Waals surface area contributed by atoms with Crippen molar-refractivity contribution in [3.05, 3.63) is 28.0 Å². The molecule has 6 nitrogen and oxygen atoms in total. The van der Waals surface area contributed by atoms with Gasteiger partial charge in [0.25, 0.3) is 0 Å². The normalized spacial score (nSPS) is 11.3. The molecular formula is C14H17BrClN3O3. The summed E-state index contributed by atoms with van der Waals surface area (Å²) in [5.41, 5.74) is 0.783. The van der Waals surface area contributed by atoms with Crippen LogP contribution < -0.4 is 5.32 Å². The van der Waals surface area contributed by atoms with Crippen LogP contribution in [0.5, 0.6) is 0 Å². The first-order chi connectivity index (χ1) is 10.6. The van der Waals surface area contributed by atoms with Crippen molar-refractivity contribution < 1.29 is 14.2 Å². The molecule has 0 aliphatic rings. The second-order valence-corrected chi connectivity index (χ2v) is 5.66. The van der Waals surface area contributed by atoms with Crippen LogP contribution >= 0.6 is 27.5 Å². The summed E-state index contributed by atoms with van der Waals surface area (Å²) in [6, 6.07) is 5.74. The highest BCUT2D eigenvalue weighted by atomic mass is 79.9. The molecule has 0 radical (unpaired) electrons. The van der Waals surface area contributed by atoms with Crippen molar-refractivity contribution in [2.75, 3.05) is 39.3 Å². The number of ether oxygens (including phenoxy) is 3. The lowest BCUT2D eigenvalue weighted by Gasteiger charge is -2.14. The lowest BCUT2D eigenvalue weighted by atomic mass is 10.2. The monoisotopic (exact) mass is 389 g/mol. The molecule has 22 heavy (non-hydrogen) atoms. The number of hydrogen-bond donors (Lipinski definition) is 1. The summed E-state index contributed by atoms with van der Waals surface area (Å²) in [6.45, 7) is 1.43. The molecule has 1 aromatic carbocycles. The van der Waals surface area contributed by atoms with E-state index >= 15 is 0 Å². The van der Waals surface area contributed by atoms with Crippen LogP contribution in [0.3, 0.4) is 0 Å². The molecule has 120 valence electrons. The molecule has 0 aliphatic carbocycles. The van der Waals surface area contributed by atoms with Crippen molar-refractivity contribution >= 4 is 44.3 Å². The van der Waals surface area contributed by atoms with Crippen molar-refractivity contribution in [2.24, 2.45) is 0 Å². The molecule has 0 saturated carbocycles. The molecular weight excluding hydrogens is 374 g/mol. The predicted molar refractivity (Wildman–Crippen MR) is 89.4 cm³/mol. The van der Waals surface area contributed by atoms with Gasteiger partial charge >= 0.3 is 0 Å². The second kappa shape index (κ2) is 8.59. The zero-order valence-electron chi connectivity index (χ0n) is 12.3. The molecule has 8 heteroatoms. The minimum atomic E-state index is -0.356. The molecule has 0 spiro atoms. The van der Waals surface area contributed by atoms with Gasteiger partial charge in [0.1, 0.15) is 5.82 Å². The van der Waals surface area contributed by atoms with Crippen molar-refractivity contribution in [1.82, 2.24) is 9.97 Å². The number of fused-ring (bicyclic) bond motifs is 1. The van der Waals surface area contributed by atoms with E-state index in [0.29, 0.717) is 25.6 Å². The molecule has 0 fully saturated rings. The van der Waals surface area contributed by atoms with Gasteiger partial charge in [-0.05, 0) is 29.8 Å². The third-order valence-electron chi connectivity index (χ3n) is 2.95. The summed E-state index contributed by atoms with van der Waals surface area (Å²) in [5.74, 6) is 0.676. The van der Waals surface area contributed by atoms with Gasteiger partial charge in [0.05, 0.1) is 18.7 Å². The van der Waals surface area contributed by atoms with Gasteiger partial charge in [-0.25, -0.2) is 9.97 Å². The molecule has 1 aromatic heterocycles. The van der Waals surface area contributed by atoms with Crippen LogP contribution in [0.1, 0.15) is 0 Å². The molecule has 0 aliphatic heterocycles. The van der Waals surface area contributed by atoms with Crippen LogP contribution in [-0.2, 0) is 14.2 Å². The topological polar surface area (TPSA) is 65.5 Å². The molecule has 2 aromatic rings. The fraction of sp³-hybridized carbons (Fsp3) is 0.429. The first-order valence-corrected chi connectivity index (χ1v) is 7.81. The molecule has 0 amide bonds. The maximum atomic E-state index is 5.94. The Morgan fingerprint density at radius 3 is 2.77 bits per heavy atom. The van der Waals surface area contributed by atoms with Gasteiger partial charge in [0.2, 0.25) is 5.28 Å². The van der Waals surface area contributed by atoms with Gasteiger partial charge in [-0.2, -0.15) is 0 Å². The number of anilines is 1. The molecule has 2 rings (SSSR count). The zero-order valence-corrected chi connectivity index (χ0v) is 14.6. The first-order valence-electron chi connectivity index (χ1n) is 6.64. The summed E-state index contributed by atoms with van der Waals surface area (Å²) in [4.78, 5) is 8.42. The van der Waals surface area contributed by atoms with E-state index in [2.05, 4.69) is 31.2 Å². The van der Waals surface area contributed by atoms with E-state index in [9.17, 15) is 0 Å². The Bertz CT molecular complexity index is 626. The third-order valence-corrected chi connectivity index (χ3v) is 3.61. The van der Waals surface area contributed by atoms with E-state index < -0.39 is 0 Å². The molecule has 0 unspecified atom stereocenters. The third kappa shape index (κ3) is 4.76. The Labute approximate surface area is 142 Å². The lowest BCUT2D eigenvalue weighted by Crippen LogP contribution is -2.22. The standard InChI is InChI=1S/C14H17BrClN3O3/c1-20-12(21-2)8-22-6-5-17-13-10-7-9(15)3-4-11(10)18-14(16)19-13/h3-4,7,12H,5-6,8H2,1-2H3,(H,17,18,19). The fourth-order valence-electron chi connectivity index (χ4n) is 1.86. The van der Waals surface area contributed by atoms with E-state index in [1.165, 1.54) is 0 Å². The smallest absolute Gasteiger partial charge is 0.224 e. The Kier molecular flexibility index (Phi) is 6.78. The van der Waals surface area contributed by atoms with Gasteiger partial charge in [0, 0.05) is 30.6 Å². The van der Waals surface area contributed by atoms with E-state index in [4.69, 9.17) is 25.8 Å². The predicted octanol–water partition coefficient (Wildman–Crippen LogP) is 3.09. The van der Waals surface area contributed by atoms with Crippen LogP contribution in [0.2, 0.25) is 5.28 Å². The summed E-state index contributed by atoms with van der Waals surface area (Å²) >= 11 is 9.39. The Balaban J connectivity index is 1.95. The minimum Gasteiger partial charge on any atom is -0.374 e. The molecule has 0 bridgehead atoms. The van der Waals surface area contributed by atoms with Crippen LogP contribution in [0.15, 0.2) is 22.7 Å². The van der Waals surface area contributed by atoms with Gasteiger partial charge in [-0.15, -0.1) is 0 Å². The van der Waals surface area contributed by atoms with Crippen LogP contribution in [0.25, 0.3) is 10.9 Å². The number of nitrogens with one attached hydrogen (secondary N) is 1. The summed E-state index contributed by atoms with van der Waals surface area (Å²) in [6.07, 6.45) is -0.356. The van der Waals surface area contributed by atoms with E-state index in [0.717, 1.165) is 15.4 Å². The molecule has 1 N–H and O–H groups in total. The van der Waals surface area contributed by atoms with Gasteiger partial charge in [-0.3, -0.25) is 0 Å². The first kappa shape index (κ1) is 17.4. The largest absolute Gasteiger partial charge is 0.374 e. The van der Waals surface area contributed by atoms with Crippen molar-refractivity contribution in [3.8, 4) is 0 Å². The van der Waals surface area contributed by atoms with E-state index in [-0.39, 0.29) is 11.6 Å². The van der Waals surface area contributed by atoms with Gasteiger partial charge < -0.3 is 19.5 Å². The maximum Gasteiger partial charge on any atom is 0.224 e. The SMILES string of the molecule is COC(COCCNc1nc(Cl)nc2ccc(Br)cc12)OC. The highest BCUT2D eigenvalue weighted by Gasteiger charge is 2.08. The molecule has 0 atom stereocenters. The fourth-order valence-corrected chi connectivity index (χ4v) is 2.40. The number of methoxy groups -OCH3 is 2. The van der Waals surface area contributed by atoms with Crippen molar-refractivity contribution in [1.29, 1.82) is 0 Å². The number of aromatic nitrogens is 2. The summed E-state index contributed by atoms with van der Waals surface area (Å²) < 4.78 is 16.5. The van der Waals surface area contributed by atoms with Gasteiger partial charge in [0.15, 0.2) is 6.29 Å². The van der Waals surface area contributed by atoms with E-state index in [1.54, 1.807) is 14.2 Å². The second-order valence-electron chi connectivity index (χ2n) is 4.41. The van der Waals surface area contributed by atoms with Crippen LogP contribution in [0.4, 0.5) is 5.82 Å². The minimum absolute atomic E-state index is 0.206.